The number of hydrogen-bond acceptors (Lipinski definition) is 5. The topological polar surface area (TPSA) is 96.8 Å². The van der Waals surface area contributed by atoms with Crippen LogP contribution in [0.4, 0.5) is 16.3 Å². The number of carbonyl (C=O) groups excluding carboxylic acids is 1. The molecular formula is C21H27N7O. The molecule has 2 amide bonds. The van der Waals surface area contributed by atoms with Crippen molar-refractivity contribution in [1.82, 2.24) is 25.3 Å². The summed E-state index contributed by atoms with van der Waals surface area (Å²) in [7, 11) is 0. The normalized spacial score (nSPS) is 10.7. The summed E-state index contributed by atoms with van der Waals surface area (Å²) in [5, 5.41) is 21.7. The Balaban J connectivity index is 1.47. The highest BCUT2D eigenvalue weighted by Crippen LogP contribution is 2.15. The molecule has 0 radical (unpaired) electrons. The lowest BCUT2D eigenvalue weighted by Gasteiger charge is -2.10. The molecule has 0 aliphatic rings. The van der Waals surface area contributed by atoms with E-state index in [1.807, 2.05) is 58.9 Å². The predicted molar refractivity (Wildman–Crippen MR) is 115 cm³/mol. The Bertz CT molecular complexity index is 988. The van der Waals surface area contributed by atoms with E-state index < -0.39 is 0 Å². The number of carbonyl (C=O) groups is 1. The zero-order valence-corrected chi connectivity index (χ0v) is 17.5. The van der Waals surface area contributed by atoms with E-state index in [1.54, 1.807) is 4.68 Å². The van der Waals surface area contributed by atoms with Crippen LogP contribution in [0.25, 0.3) is 5.82 Å². The van der Waals surface area contributed by atoms with Gasteiger partial charge >= 0.3 is 6.03 Å². The molecule has 1 aromatic carbocycles. The van der Waals surface area contributed by atoms with E-state index in [1.165, 1.54) is 0 Å². The number of urea groups is 1. The fourth-order valence-corrected chi connectivity index (χ4v) is 3.06. The molecule has 0 atom stereocenters. The average Bonchev–Trinajstić information content (AvgIpc) is 2.92. The average molecular weight is 393 g/mol. The Morgan fingerprint density at radius 1 is 0.966 bits per heavy atom. The van der Waals surface area contributed by atoms with Gasteiger partial charge in [-0.3, -0.25) is 0 Å². The number of benzene rings is 1. The van der Waals surface area contributed by atoms with Gasteiger partial charge in [-0.25, -0.2) is 9.48 Å². The van der Waals surface area contributed by atoms with Crippen molar-refractivity contribution in [2.75, 3.05) is 23.7 Å². The molecule has 152 valence electrons. The Morgan fingerprint density at radius 3 is 2.28 bits per heavy atom. The second-order valence-electron chi connectivity index (χ2n) is 7.17. The zero-order chi connectivity index (χ0) is 21.0. The number of nitrogens with zero attached hydrogens (tertiary/aromatic N) is 4. The van der Waals surface area contributed by atoms with Crippen LogP contribution in [0, 0.1) is 34.6 Å². The van der Waals surface area contributed by atoms with E-state index in [0.29, 0.717) is 24.7 Å². The summed E-state index contributed by atoms with van der Waals surface area (Å²) in [6.45, 7) is 11.0. The van der Waals surface area contributed by atoms with Gasteiger partial charge in [-0.15, -0.1) is 10.2 Å². The molecule has 29 heavy (non-hydrogen) atoms. The van der Waals surface area contributed by atoms with Crippen molar-refractivity contribution in [3.8, 4) is 5.82 Å². The van der Waals surface area contributed by atoms with Crippen LogP contribution in [0.15, 0.2) is 30.3 Å². The molecule has 0 aliphatic carbocycles. The van der Waals surface area contributed by atoms with Crippen LogP contribution in [0.5, 0.6) is 0 Å². The number of nitrogens with one attached hydrogen (secondary N) is 3. The molecule has 3 aromatic rings. The molecule has 2 aromatic heterocycles. The molecule has 8 nitrogen and oxygen atoms in total. The molecule has 0 saturated carbocycles. The van der Waals surface area contributed by atoms with Gasteiger partial charge in [-0.05, 0) is 75.6 Å². The number of aryl methyl sites for hydroxylation is 3. The van der Waals surface area contributed by atoms with Crippen molar-refractivity contribution >= 4 is 17.5 Å². The largest absolute Gasteiger partial charge is 0.367 e. The monoisotopic (exact) mass is 393 g/mol. The van der Waals surface area contributed by atoms with Crippen LogP contribution in [-0.2, 0) is 0 Å². The maximum Gasteiger partial charge on any atom is 0.319 e. The van der Waals surface area contributed by atoms with E-state index in [2.05, 4.69) is 37.3 Å². The highest BCUT2D eigenvalue weighted by molar-refractivity contribution is 5.89. The number of aromatic nitrogens is 4. The van der Waals surface area contributed by atoms with E-state index in [0.717, 1.165) is 33.8 Å². The minimum Gasteiger partial charge on any atom is -0.367 e. The van der Waals surface area contributed by atoms with Crippen LogP contribution < -0.4 is 16.0 Å². The zero-order valence-electron chi connectivity index (χ0n) is 17.5. The number of amides is 2. The summed E-state index contributed by atoms with van der Waals surface area (Å²) in [5.41, 5.74) is 6.19. The number of hydrogen-bond donors (Lipinski definition) is 3. The lowest BCUT2D eigenvalue weighted by atomic mass is 10.1. The lowest BCUT2D eigenvalue weighted by molar-refractivity contribution is 0.252. The predicted octanol–water partition coefficient (Wildman–Crippen LogP) is 3.44. The molecule has 0 unspecified atom stereocenters. The summed E-state index contributed by atoms with van der Waals surface area (Å²) in [6, 6.07) is 9.42. The van der Waals surface area contributed by atoms with Crippen LogP contribution in [0.1, 0.15) is 28.1 Å². The molecule has 8 heteroatoms. The summed E-state index contributed by atoms with van der Waals surface area (Å²) < 4.78 is 1.79. The maximum atomic E-state index is 12.0. The second-order valence-corrected chi connectivity index (χ2v) is 7.17. The van der Waals surface area contributed by atoms with E-state index in [4.69, 9.17) is 0 Å². The quantitative estimate of drug-likeness (QED) is 0.558. The third-order valence-electron chi connectivity index (χ3n) is 4.72. The molecular weight excluding hydrogens is 366 g/mol. The summed E-state index contributed by atoms with van der Waals surface area (Å²) in [6.07, 6.45) is 0. The Morgan fingerprint density at radius 2 is 1.69 bits per heavy atom. The van der Waals surface area contributed by atoms with Crippen molar-refractivity contribution in [2.45, 2.75) is 34.6 Å². The van der Waals surface area contributed by atoms with Gasteiger partial charge in [0.25, 0.3) is 0 Å². The maximum absolute atomic E-state index is 12.0. The van der Waals surface area contributed by atoms with Gasteiger partial charge in [0.15, 0.2) is 5.82 Å². The fourth-order valence-electron chi connectivity index (χ4n) is 3.06. The summed E-state index contributed by atoms with van der Waals surface area (Å²) in [5.74, 6) is 1.32. The summed E-state index contributed by atoms with van der Waals surface area (Å²) in [4.78, 5) is 12.0. The van der Waals surface area contributed by atoms with Crippen molar-refractivity contribution in [1.29, 1.82) is 0 Å². The molecule has 3 rings (SSSR count). The minimum absolute atomic E-state index is 0.238. The minimum atomic E-state index is -0.238. The SMILES string of the molecule is Cc1cc(C)cc(NC(=O)NCCNc2ccc(-n3nc(C)c(C)c3C)nn2)c1. The Kier molecular flexibility index (Phi) is 6.11. The molecule has 0 bridgehead atoms. The molecule has 0 saturated heterocycles. The van der Waals surface area contributed by atoms with Gasteiger partial charge in [0.1, 0.15) is 5.82 Å². The third-order valence-corrected chi connectivity index (χ3v) is 4.72. The van der Waals surface area contributed by atoms with Crippen molar-refractivity contribution in [3.05, 3.63) is 58.4 Å². The first kappa shape index (κ1) is 20.3. The van der Waals surface area contributed by atoms with Gasteiger partial charge in [0.05, 0.1) is 5.69 Å². The standard InChI is InChI=1S/C21H27N7O/c1-13-10-14(2)12-18(11-13)24-21(29)23-9-8-22-19-6-7-20(26-25-19)28-17(5)15(3)16(4)27-28/h6-7,10-12H,8-9H2,1-5H3,(H,22,25)(H2,23,24,29). The number of rotatable bonds is 6. The lowest BCUT2D eigenvalue weighted by Crippen LogP contribution is -2.32. The Hall–Kier alpha value is -3.42. The molecule has 0 spiro atoms. The van der Waals surface area contributed by atoms with Gasteiger partial charge in [-0.1, -0.05) is 6.07 Å². The molecule has 2 heterocycles. The third kappa shape index (κ3) is 5.10. The molecule has 0 fully saturated rings. The number of anilines is 2. The first-order chi connectivity index (χ1) is 13.8. The van der Waals surface area contributed by atoms with E-state index in [-0.39, 0.29) is 6.03 Å². The van der Waals surface area contributed by atoms with Gasteiger partial charge in [0.2, 0.25) is 0 Å². The molecule has 0 aliphatic heterocycles. The van der Waals surface area contributed by atoms with Gasteiger partial charge in [-0.2, -0.15) is 5.10 Å². The van der Waals surface area contributed by atoms with Gasteiger partial charge in [0, 0.05) is 24.5 Å². The highest BCUT2D eigenvalue weighted by Gasteiger charge is 2.10. The smallest absolute Gasteiger partial charge is 0.319 e. The summed E-state index contributed by atoms with van der Waals surface area (Å²) >= 11 is 0. The van der Waals surface area contributed by atoms with Crippen LogP contribution in [0.2, 0.25) is 0 Å². The van der Waals surface area contributed by atoms with Crippen molar-refractivity contribution < 1.29 is 4.79 Å². The van der Waals surface area contributed by atoms with Crippen LogP contribution >= 0.6 is 0 Å². The van der Waals surface area contributed by atoms with Crippen molar-refractivity contribution in [3.63, 3.8) is 0 Å². The van der Waals surface area contributed by atoms with Crippen LogP contribution in [-0.4, -0.2) is 39.1 Å². The van der Waals surface area contributed by atoms with E-state index >= 15 is 0 Å². The first-order valence-corrected chi connectivity index (χ1v) is 9.57. The highest BCUT2D eigenvalue weighted by atomic mass is 16.2. The van der Waals surface area contributed by atoms with E-state index in [9.17, 15) is 4.79 Å². The Labute approximate surface area is 170 Å². The van der Waals surface area contributed by atoms with Crippen molar-refractivity contribution in [2.24, 2.45) is 0 Å². The molecule has 3 N–H and O–H groups in total. The fraction of sp³-hybridized carbons (Fsp3) is 0.333. The first-order valence-electron chi connectivity index (χ1n) is 9.57. The van der Waals surface area contributed by atoms with Gasteiger partial charge < -0.3 is 16.0 Å². The second kappa shape index (κ2) is 8.72. The van der Waals surface area contributed by atoms with Crippen LogP contribution in [0.3, 0.4) is 0 Å².